The zero-order chi connectivity index (χ0) is 10.1. The third-order valence-electron chi connectivity index (χ3n) is 1.86. The molecule has 0 saturated heterocycles. The summed E-state index contributed by atoms with van der Waals surface area (Å²) in [4.78, 5) is 0. The molecule has 0 saturated carbocycles. The summed E-state index contributed by atoms with van der Waals surface area (Å²) in [6.07, 6.45) is 0.212. The molecular weight excluding hydrogens is 216 g/mol. The Kier molecular flexibility index (Phi) is 2.66. The van der Waals surface area contributed by atoms with E-state index in [4.69, 9.17) is 16.3 Å². The summed E-state index contributed by atoms with van der Waals surface area (Å²) in [5.41, 5.74) is 0. The van der Waals surface area contributed by atoms with Crippen LogP contribution in [0.15, 0.2) is 23.6 Å². The molecule has 0 N–H and O–H groups in total. The number of ether oxygens (including phenoxy) is 1. The lowest BCUT2D eigenvalue weighted by Crippen LogP contribution is -2.04. The first kappa shape index (κ1) is 9.81. The zero-order valence-corrected chi connectivity index (χ0v) is 9.65. The molecule has 3 heteroatoms. The Morgan fingerprint density at radius 3 is 2.86 bits per heavy atom. The van der Waals surface area contributed by atoms with Crippen LogP contribution in [0.4, 0.5) is 0 Å². The lowest BCUT2D eigenvalue weighted by atomic mass is 10.2. The molecule has 1 nitrogen and oxygen atoms in total. The van der Waals surface area contributed by atoms with Gasteiger partial charge in [-0.2, -0.15) is 0 Å². The second-order valence-electron chi connectivity index (χ2n) is 3.41. The molecule has 0 fully saturated rings. The van der Waals surface area contributed by atoms with Crippen LogP contribution in [-0.2, 0) is 0 Å². The van der Waals surface area contributed by atoms with Gasteiger partial charge in [-0.05, 0) is 32.0 Å². The molecule has 1 aromatic carbocycles. The predicted octanol–water partition coefficient (Wildman–Crippen LogP) is 4.34. The van der Waals surface area contributed by atoms with Crippen LogP contribution in [0.25, 0.3) is 10.1 Å². The minimum atomic E-state index is 0.212. The molecule has 0 spiro atoms. The molecule has 0 amide bonds. The smallest absolute Gasteiger partial charge is 0.138 e. The van der Waals surface area contributed by atoms with Gasteiger partial charge in [0, 0.05) is 20.5 Å². The highest BCUT2D eigenvalue weighted by atomic mass is 35.5. The summed E-state index contributed by atoms with van der Waals surface area (Å²) in [7, 11) is 0. The van der Waals surface area contributed by atoms with E-state index in [1.165, 1.54) is 4.70 Å². The minimum absolute atomic E-state index is 0.212. The summed E-state index contributed by atoms with van der Waals surface area (Å²) in [5.74, 6) is 0.955. The van der Waals surface area contributed by atoms with Gasteiger partial charge >= 0.3 is 0 Å². The first-order valence-corrected chi connectivity index (χ1v) is 5.76. The summed E-state index contributed by atoms with van der Waals surface area (Å²) < 4.78 is 6.85. The molecule has 2 rings (SSSR count). The third kappa shape index (κ3) is 1.86. The Morgan fingerprint density at radius 2 is 2.14 bits per heavy atom. The second kappa shape index (κ2) is 3.79. The van der Waals surface area contributed by atoms with Gasteiger partial charge in [0.15, 0.2) is 0 Å². The van der Waals surface area contributed by atoms with E-state index in [9.17, 15) is 0 Å². The van der Waals surface area contributed by atoms with Gasteiger partial charge in [0.25, 0.3) is 0 Å². The van der Waals surface area contributed by atoms with Gasteiger partial charge in [-0.25, -0.2) is 0 Å². The van der Waals surface area contributed by atoms with Crippen molar-refractivity contribution in [3.63, 3.8) is 0 Å². The number of hydrogen-bond donors (Lipinski definition) is 0. The lowest BCUT2D eigenvalue weighted by Gasteiger charge is -2.07. The van der Waals surface area contributed by atoms with Crippen molar-refractivity contribution in [1.29, 1.82) is 0 Å². The maximum atomic E-state index is 5.90. The van der Waals surface area contributed by atoms with E-state index in [-0.39, 0.29) is 6.10 Å². The van der Waals surface area contributed by atoms with Crippen LogP contribution in [0, 0.1) is 0 Å². The van der Waals surface area contributed by atoms with Crippen LogP contribution in [0.1, 0.15) is 13.8 Å². The van der Waals surface area contributed by atoms with Gasteiger partial charge < -0.3 is 4.74 Å². The molecule has 0 radical (unpaired) electrons. The van der Waals surface area contributed by atoms with E-state index in [0.717, 1.165) is 16.2 Å². The van der Waals surface area contributed by atoms with E-state index in [1.807, 2.05) is 37.4 Å². The molecular formula is C11H11ClOS. The van der Waals surface area contributed by atoms with Crippen LogP contribution in [0.2, 0.25) is 5.02 Å². The Morgan fingerprint density at radius 1 is 1.36 bits per heavy atom. The van der Waals surface area contributed by atoms with Crippen LogP contribution < -0.4 is 4.74 Å². The van der Waals surface area contributed by atoms with Crippen molar-refractivity contribution in [2.75, 3.05) is 0 Å². The summed E-state index contributed by atoms with van der Waals surface area (Å²) in [5, 5.41) is 3.95. The van der Waals surface area contributed by atoms with Crippen LogP contribution >= 0.6 is 22.9 Å². The first-order chi connectivity index (χ1) is 6.66. The fraction of sp³-hybridized carbons (Fsp3) is 0.273. The number of hydrogen-bond acceptors (Lipinski definition) is 2. The Bertz CT molecular complexity index is 447. The van der Waals surface area contributed by atoms with E-state index < -0.39 is 0 Å². The van der Waals surface area contributed by atoms with Crippen molar-refractivity contribution in [3.05, 3.63) is 28.6 Å². The third-order valence-corrected chi connectivity index (χ3v) is 3.02. The zero-order valence-electron chi connectivity index (χ0n) is 8.08. The standard InChI is InChI=1S/C11H11ClOS/c1-7(2)13-10-6-14-11-5-8(12)3-4-9(10)11/h3-7H,1-2H3. The molecule has 2 aromatic rings. The molecule has 0 atom stereocenters. The van der Waals surface area contributed by atoms with Crippen LogP contribution in [0.3, 0.4) is 0 Å². The molecule has 74 valence electrons. The molecule has 1 heterocycles. The highest BCUT2D eigenvalue weighted by Crippen LogP contribution is 2.34. The summed E-state index contributed by atoms with van der Waals surface area (Å²) >= 11 is 7.56. The molecule has 14 heavy (non-hydrogen) atoms. The van der Waals surface area contributed by atoms with Gasteiger partial charge in [-0.1, -0.05) is 11.6 Å². The van der Waals surface area contributed by atoms with Crippen molar-refractivity contribution in [3.8, 4) is 5.75 Å². The Hall–Kier alpha value is -0.730. The van der Waals surface area contributed by atoms with Crippen molar-refractivity contribution in [2.24, 2.45) is 0 Å². The molecule has 0 aliphatic rings. The lowest BCUT2D eigenvalue weighted by molar-refractivity contribution is 0.246. The van der Waals surface area contributed by atoms with Gasteiger partial charge in [0.2, 0.25) is 0 Å². The van der Waals surface area contributed by atoms with E-state index in [0.29, 0.717) is 0 Å². The second-order valence-corrected chi connectivity index (χ2v) is 4.75. The average molecular weight is 227 g/mol. The van der Waals surface area contributed by atoms with Crippen LogP contribution in [0.5, 0.6) is 5.75 Å². The van der Waals surface area contributed by atoms with Gasteiger partial charge in [-0.3, -0.25) is 0 Å². The Labute approximate surface area is 92.3 Å². The number of fused-ring (bicyclic) bond motifs is 1. The summed E-state index contributed by atoms with van der Waals surface area (Å²) in [6.45, 7) is 4.05. The highest BCUT2D eigenvalue weighted by molar-refractivity contribution is 7.17. The molecule has 0 aliphatic carbocycles. The van der Waals surface area contributed by atoms with Crippen molar-refractivity contribution < 1.29 is 4.74 Å². The normalized spacial score (nSPS) is 11.1. The average Bonchev–Trinajstić information content (AvgIpc) is 2.47. The molecule has 1 aromatic heterocycles. The van der Waals surface area contributed by atoms with Gasteiger partial charge in [-0.15, -0.1) is 11.3 Å². The molecule has 0 aliphatic heterocycles. The first-order valence-electron chi connectivity index (χ1n) is 4.50. The topological polar surface area (TPSA) is 9.23 Å². The fourth-order valence-electron chi connectivity index (χ4n) is 1.32. The van der Waals surface area contributed by atoms with Crippen LogP contribution in [-0.4, -0.2) is 6.10 Å². The molecule has 0 unspecified atom stereocenters. The Balaban J connectivity index is 2.47. The monoisotopic (exact) mass is 226 g/mol. The number of halogens is 1. The van der Waals surface area contributed by atoms with Crippen molar-refractivity contribution >= 4 is 33.0 Å². The van der Waals surface area contributed by atoms with Crippen molar-refractivity contribution in [2.45, 2.75) is 20.0 Å². The van der Waals surface area contributed by atoms with Gasteiger partial charge in [0.1, 0.15) is 5.75 Å². The fourth-order valence-corrected chi connectivity index (χ4v) is 2.47. The quantitative estimate of drug-likeness (QED) is 0.740. The maximum Gasteiger partial charge on any atom is 0.138 e. The van der Waals surface area contributed by atoms with Gasteiger partial charge in [0.05, 0.1) is 6.10 Å². The minimum Gasteiger partial charge on any atom is -0.489 e. The summed E-state index contributed by atoms with van der Waals surface area (Å²) in [6, 6.07) is 5.87. The number of rotatable bonds is 2. The van der Waals surface area contributed by atoms with Crippen molar-refractivity contribution in [1.82, 2.24) is 0 Å². The number of benzene rings is 1. The maximum absolute atomic E-state index is 5.90. The largest absolute Gasteiger partial charge is 0.489 e. The predicted molar refractivity (Wildman–Crippen MR) is 62.6 cm³/mol. The SMILES string of the molecule is CC(C)Oc1csc2cc(Cl)ccc12. The van der Waals surface area contributed by atoms with E-state index >= 15 is 0 Å². The number of thiophene rings is 1. The highest BCUT2D eigenvalue weighted by Gasteiger charge is 2.06. The van der Waals surface area contributed by atoms with E-state index in [2.05, 4.69) is 0 Å². The van der Waals surface area contributed by atoms with E-state index in [1.54, 1.807) is 11.3 Å². The molecule has 0 bridgehead atoms.